The normalized spacial score (nSPS) is 13.4. The topological polar surface area (TPSA) is 86.8 Å². The summed E-state index contributed by atoms with van der Waals surface area (Å²) in [7, 11) is -2.15. The van der Waals surface area contributed by atoms with Crippen LogP contribution in [0.25, 0.3) is 0 Å². The Morgan fingerprint density at radius 3 is 2.55 bits per heavy atom. The zero-order valence-corrected chi connectivity index (χ0v) is 18.4. The highest BCUT2D eigenvalue weighted by molar-refractivity contribution is 7.94. The number of fused-ring (bicyclic) bond motifs is 1. The van der Waals surface area contributed by atoms with Crippen molar-refractivity contribution in [2.75, 3.05) is 28.1 Å². The van der Waals surface area contributed by atoms with Crippen molar-refractivity contribution in [1.29, 1.82) is 0 Å². The molecule has 2 aromatic carbocycles. The average Bonchev–Trinajstić information content (AvgIpc) is 3.34. The van der Waals surface area contributed by atoms with Crippen molar-refractivity contribution in [2.24, 2.45) is 0 Å². The van der Waals surface area contributed by atoms with Crippen LogP contribution in [-0.4, -0.2) is 33.8 Å². The first-order valence-electron chi connectivity index (χ1n) is 9.71. The number of rotatable bonds is 4. The van der Waals surface area contributed by atoms with E-state index in [2.05, 4.69) is 5.32 Å². The molecular weight excluding hydrogens is 434 g/mol. The van der Waals surface area contributed by atoms with E-state index in [0.29, 0.717) is 30.0 Å². The summed E-state index contributed by atoms with van der Waals surface area (Å²) >= 11 is 1.17. The molecule has 7 nitrogen and oxygen atoms in total. The first kappa shape index (κ1) is 21.1. The second kappa shape index (κ2) is 8.52. The maximum Gasteiger partial charge on any atom is 0.316 e. The Labute approximate surface area is 185 Å². The number of carbonyl (C=O) groups is 2. The van der Waals surface area contributed by atoms with E-state index in [0.717, 1.165) is 12.0 Å². The van der Waals surface area contributed by atoms with Crippen molar-refractivity contribution in [3.63, 3.8) is 0 Å². The Hall–Kier alpha value is -3.17. The number of benzene rings is 2. The molecule has 1 aliphatic heterocycles. The third-order valence-electron chi connectivity index (χ3n) is 5.10. The first-order chi connectivity index (χ1) is 14.9. The van der Waals surface area contributed by atoms with Crippen LogP contribution in [0.5, 0.6) is 0 Å². The van der Waals surface area contributed by atoms with E-state index < -0.39 is 21.8 Å². The van der Waals surface area contributed by atoms with Crippen molar-refractivity contribution in [2.45, 2.75) is 17.1 Å². The maximum absolute atomic E-state index is 13.1. The quantitative estimate of drug-likeness (QED) is 0.610. The Morgan fingerprint density at radius 2 is 1.84 bits per heavy atom. The van der Waals surface area contributed by atoms with Gasteiger partial charge in [0.15, 0.2) is 0 Å². The van der Waals surface area contributed by atoms with Gasteiger partial charge in [-0.05, 0) is 54.1 Å². The van der Waals surface area contributed by atoms with Crippen molar-refractivity contribution < 1.29 is 18.0 Å². The van der Waals surface area contributed by atoms with Crippen molar-refractivity contribution >= 4 is 50.2 Å². The van der Waals surface area contributed by atoms with Crippen molar-refractivity contribution in [3.8, 4) is 0 Å². The smallest absolute Gasteiger partial charge is 0.316 e. The molecule has 0 saturated carbocycles. The Balaban J connectivity index is 1.58. The standard InChI is InChI=1S/C22H21N3O4S2/c1-24(18-8-3-2-4-9-18)22(27)21(26)23-17-12-11-16-7-5-13-25(19(16)15-17)31(28,29)20-10-6-14-30-20/h2-4,6,8-12,14-15H,5,7,13H2,1H3,(H,23,26). The summed E-state index contributed by atoms with van der Waals surface area (Å²) in [6, 6.07) is 17.2. The molecule has 1 aromatic heterocycles. The van der Waals surface area contributed by atoms with Crippen molar-refractivity contribution in [3.05, 3.63) is 71.6 Å². The second-order valence-corrected chi connectivity index (χ2v) is 10.1. The molecule has 3 aromatic rings. The van der Waals surface area contributed by atoms with Gasteiger partial charge in [-0.1, -0.05) is 30.3 Å². The van der Waals surface area contributed by atoms with Gasteiger partial charge in [0.1, 0.15) is 4.21 Å². The Kier molecular flexibility index (Phi) is 5.79. The van der Waals surface area contributed by atoms with Gasteiger partial charge in [-0.3, -0.25) is 13.9 Å². The van der Waals surface area contributed by atoms with E-state index in [1.165, 1.54) is 27.6 Å². The first-order valence-corrected chi connectivity index (χ1v) is 12.0. The van der Waals surface area contributed by atoms with Crippen LogP contribution in [0.3, 0.4) is 0 Å². The lowest BCUT2D eigenvalue weighted by molar-refractivity contribution is -0.134. The molecule has 0 aliphatic carbocycles. The molecule has 9 heteroatoms. The molecule has 0 saturated heterocycles. The number of nitrogens with one attached hydrogen (secondary N) is 1. The Morgan fingerprint density at radius 1 is 1.06 bits per heavy atom. The van der Waals surface area contributed by atoms with E-state index in [9.17, 15) is 18.0 Å². The van der Waals surface area contributed by atoms with Gasteiger partial charge < -0.3 is 10.2 Å². The number of hydrogen-bond donors (Lipinski definition) is 1. The highest BCUT2D eigenvalue weighted by atomic mass is 32.2. The fourth-order valence-corrected chi connectivity index (χ4v) is 6.13. The number of amides is 2. The lowest BCUT2D eigenvalue weighted by atomic mass is 10.0. The summed E-state index contributed by atoms with van der Waals surface area (Å²) in [6.07, 6.45) is 1.46. The molecular formula is C22H21N3O4S2. The van der Waals surface area contributed by atoms with Gasteiger partial charge in [0, 0.05) is 25.0 Å². The van der Waals surface area contributed by atoms with Crippen LogP contribution in [0.2, 0.25) is 0 Å². The molecule has 2 amide bonds. The van der Waals surface area contributed by atoms with Crippen LogP contribution in [0.15, 0.2) is 70.3 Å². The summed E-state index contributed by atoms with van der Waals surface area (Å²) in [4.78, 5) is 26.3. The summed E-state index contributed by atoms with van der Waals surface area (Å²) in [6.45, 7) is 0.361. The molecule has 31 heavy (non-hydrogen) atoms. The van der Waals surface area contributed by atoms with Crippen LogP contribution in [0, 0.1) is 0 Å². The summed E-state index contributed by atoms with van der Waals surface area (Å²) in [5.74, 6) is -1.51. The molecule has 2 heterocycles. The molecule has 0 spiro atoms. The molecule has 0 atom stereocenters. The number of hydrogen-bond acceptors (Lipinski definition) is 5. The zero-order chi connectivity index (χ0) is 22.0. The SMILES string of the molecule is CN(C(=O)C(=O)Nc1ccc2c(c1)N(S(=O)(=O)c1cccs1)CCC2)c1ccccc1. The highest BCUT2D eigenvalue weighted by Gasteiger charge is 2.30. The molecule has 4 rings (SSSR count). The van der Waals surface area contributed by atoms with Gasteiger partial charge in [0.05, 0.1) is 5.69 Å². The molecule has 0 bridgehead atoms. The van der Waals surface area contributed by atoms with Gasteiger partial charge >= 0.3 is 11.8 Å². The van der Waals surface area contributed by atoms with E-state index in [1.807, 2.05) is 6.07 Å². The monoisotopic (exact) mass is 455 g/mol. The zero-order valence-electron chi connectivity index (χ0n) is 16.8. The number of aryl methyl sites for hydroxylation is 1. The van der Waals surface area contributed by atoms with E-state index in [1.54, 1.807) is 60.0 Å². The molecule has 160 valence electrons. The van der Waals surface area contributed by atoms with Crippen molar-refractivity contribution in [1.82, 2.24) is 0 Å². The predicted molar refractivity (Wildman–Crippen MR) is 122 cm³/mol. The van der Waals surface area contributed by atoms with Crippen LogP contribution in [-0.2, 0) is 26.0 Å². The molecule has 1 N–H and O–H groups in total. The minimum absolute atomic E-state index is 0.273. The summed E-state index contributed by atoms with van der Waals surface area (Å²) in [5, 5.41) is 4.33. The van der Waals surface area contributed by atoms with Crippen LogP contribution in [0.4, 0.5) is 17.1 Å². The Bertz CT molecular complexity index is 1210. The molecule has 0 unspecified atom stereocenters. The van der Waals surface area contributed by atoms with Gasteiger partial charge in [-0.2, -0.15) is 0 Å². The third kappa shape index (κ3) is 4.19. The summed E-state index contributed by atoms with van der Waals surface area (Å²) in [5.41, 5.74) is 2.38. The number of nitrogens with zero attached hydrogens (tertiary/aromatic N) is 2. The number of carbonyl (C=O) groups excluding carboxylic acids is 2. The van der Waals surface area contributed by atoms with Crippen LogP contribution < -0.4 is 14.5 Å². The summed E-state index contributed by atoms with van der Waals surface area (Å²) < 4.78 is 27.8. The minimum atomic E-state index is -3.68. The van der Waals surface area contributed by atoms with Gasteiger partial charge in [-0.15, -0.1) is 11.3 Å². The van der Waals surface area contributed by atoms with Gasteiger partial charge in [0.25, 0.3) is 10.0 Å². The minimum Gasteiger partial charge on any atom is -0.318 e. The van der Waals surface area contributed by atoms with E-state index in [-0.39, 0.29) is 4.21 Å². The van der Waals surface area contributed by atoms with Gasteiger partial charge in [0.2, 0.25) is 0 Å². The average molecular weight is 456 g/mol. The van der Waals surface area contributed by atoms with E-state index in [4.69, 9.17) is 0 Å². The molecule has 0 fully saturated rings. The maximum atomic E-state index is 13.1. The van der Waals surface area contributed by atoms with Gasteiger partial charge in [-0.25, -0.2) is 8.42 Å². The fraction of sp³-hybridized carbons (Fsp3) is 0.182. The predicted octanol–water partition coefficient (Wildman–Crippen LogP) is 3.49. The highest BCUT2D eigenvalue weighted by Crippen LogP contribution is 2.35. The van der Waals surface area contributed by atoms with Crippen LogP contribution >= 0.6 is 11.3 Å². The second-order valence-electron chi connectivity index (χ2n) is 7.11. The lowest BCUT2D eigenvalue weighted by Gasteiger charge is -2.30. The molecule has 1 aliphatic rings. The lowest BCUT2D eigenvalue weighted by Crippen LogP contribution is -2.37. The van der Waals surface area contributed by atoms with E-state index >= 15 is 0 Å². The largest absolute Gasteiger partial charge is 0.318 e. The number of para-hydroxylation sites is 1. The third-order valence-corrected chi connectivity index (χ3v) is 8.29. The number of anilines is 3. The molecule has 0 radical (unpaired) electrons. The number of likely N-dealkylation sites (N-methyl/N-ethyl adjacent to an activating group) is 1. The number of sulfonamides is 1. The van der Waals surface area contributed by atoms with Crippen LogP contribution in [0.1, 0.15) is 12.0 Å². The fourth-order valence-electron chi connectivity index (χ4n) is 3.49. The number of thiophene rings is 1.